The van der Waals surface area contributed by atoms with Crippen LogP contribution in [-0.2, 0) is 15.7 Å². The van der Waals surface area contributed by atoms with Crippen LogP contribution in [0, 0.1) is 0 Å². The lowest BCUT2D eigenvalue weighted by Crippen LogP contribution is -2.15. The predicted molar refractivity (Wildman–Crippen MR) is 64.8 cm³/mol. The number of esters is 1. The number of halogens is 5. The number of hydrogen-bond acceptors (Lipinski definition) is 3. The lowest BCUT2D eigenvalue weighted by Gasteiger charge is -2.07. The fourth-order valence-corrected chi connectivity index (χ4v) is 1.48. The van der Waals surface area contributed by atoms with E-state index in [0.29, 0.717) is 0 Å². The highest BCUT2D eigenvalue weighted by Crippen LogP contribution is 2.29. The van der Waals surface area contributed by atoms with Crippen LogP contribution in [0.1, 0.15) is 17.7 Å². The van der Waals surface area contributed by atoms with Gasteiger partial charge in [-0.3, -0.25) is 0 Å². The van der Waals surface area contributed by atoms with Crippen LogP contribution in [0.5, 0.6) is 0 Å². The largest absolute Gasteiger partial charge is 0.467 e. The highest BCUT2D eigenvalue weighted by molar-refractivity contribution is 6.30. The average Bonchev–Trinajstić information content (AvgIpc) is 2.38. The molecule has 0 aliphatic carbocycles. The summed E-state index contributed by atoms with van der Waals surface area (Å²) in [6, 6.07) is 1.87. The molecule has 20 heavy (non-hydrogen) atoms. The van der Waals surface area contributed by atoms with Gasteiger partial charge in [0.2, 0.25) is 6.17 Å². The smallest absolute Gasteiger partial charge is 0.433 e. The highest BCUT2D eigenvalue weighted by Gasteiger charge is 2.32. The van der Waals surface area contributed by atoms with Crippen molar-refractivity contribution in [3.05, 3.63) is 34.6 Å². The molecule has 1 aromatic rings. The molecule has 0 aliphatic heterocycles. The van der Waals surface area contributed by atoms with Crippen LogP contribution in [0.2, 0.25) is 5.15 Å². The van der Waals surface area contributed by atoms with Crippen molar-refractivity contribution in [3.8, 4) is 0 Å². The van der Waals surface area contributed by atoms with Crippen molar-refractivity contribution in [2.45, 2.75) is 18.8 Å². The summed E-state index contributed by atoms with van der Waals surface area (Å²) < 4.78 is 54.3. The number of aromatic nitrogens is 1. The van der Waals surface area contributed by atoms with E-state index in [2.05, 4.69) is 9.72 Å². The third kappa shape index (κ3) is 4.48. The first-order chi connectivity index (χ1) is 9.25. The van der Waals surface area contributed by atoms with Gasteiger partial charge in [0.05, 0.1) is 7.11 Å². The number of carbonyl (C=O) groups excluding carboxylic acids is 1. The number of alkyl halides is 4. The first-order valence-corrected chi connectivity index (χ1v) is 5.75. The van der Waals surface area contributed by atoms with Gasteiger partial charge < -0.3 is 4.74 Å². The quantitative estimate of drug-likeness (QED) is 0.484. The molecule has 0 amide bonds. The van der Waals surface area contributed by atoms with Gasteiger partial charge >= 0.3 is 12.1 Å². The van der Waals surface area contributed by atoms with Gasteiger partial charge in [-0.05, 0) is 12.1 Å². The predicted octanol–water partition coefficient (Wildman–Crippen LogP) is 3.67. The maximum absolute atomic E-state index is 13.1. The normalized spacial score (nSPS) is 13.5. The van der Waals surface area contributed by atoms with Crippen LogP contribution in [0.15, 0.2) is 18.2 Å². The Morgan fingerprint density at radius 1 is 1.50 bits per heavy atom. The molecule has 110 valence electrons. The first-order valence-electron chi connectivity index (χ1n) is 5.38. The number of nitrogens with zero attached hydrogens (tertiary/aromatic N) is 1. The summed E-state index contributed by atoms with van der Waals surface area (Å²) in [6.45, 7) is 0. The topological polar surface area (TPSA) is 39.2 Å². The van der Waals surface area contributed by atoms with E-state index in [9.17, 15) is 22.4 Å². The van der Waals surface area contributed by atoms with Gasteiger partial charge in [-0.25, -0.2) is 14.2 Å². The van der Waals surface area contributed by atoms with E-state index in [1.54, 1.807) is 0 Å². The number of ether oxygens (including phenoxy) is 1. The first kappa shape index (κ1) is 16.4. The number of rotatable bonds is 4. The molecule has 0 fully saturated rings. The fraction of sp³-hybridized carbons (Fsp3) is 0.333. The van der Waals surface area contributed by atoms with Crippen LogP contribution in [0.3, 0.4) is 0 Å². The molecule has 1 heterocycles. The zero-order chi connectivity index (χ0) is 15.3. The second kappa shape index (κ2) is 6.69. The summed E-state index contributed by atoms with van der Waals surface area (Å²) >= 11 is 5.59. The Hall–Kier alpha value is -1.63. The summed E-state index contributed by atoms with van der Waals surface area (Å²) in [4.78, 5) is 14.0. The lowest BCUT2D eigenvalue weighted by molar-refractivity contribution is -0.146. The molecule has 0 bridgehead atoms. The van der Waals surface area contributed by atoms with Crippen molar-refractivity contribution in [1.82, 2.24) is 4.98 Å². The summed E-state index contributed by atoms with van der Waals surface area (Å²) in [5, 5.41) is -0.357. The lowest BCUT2D eigenvalue weighted by atomic mass is 10.2. The molecule has 8 heteroatoms. The molecule has 1 atom stereocenters. The minimum Gasteiger partial charge on any atom is -0.467 e. The van der Waals surface area contributed by atoms with E-state index < -0.39 is 24.0 Å². The van der Waals surface area contributed by atoms with Gasteiger partial charge in [-0.2, -0.15) is 13.2 Å². The molecule has 3 nitrogen and oxygen atoms in total. The number of allylic oxidation sites excluding steroid dienone is 1. The highest BCUT2D eigenvalue weighted by atomic mass is 35.5. The summed E-state index contributed by atoms with van der Waals surface area (Å²) in [5.74, 6) is -1.02. The Kier molecular flexibility index (Phi) is 5.50. The van der Waals surface area contributed by atoms with Crippen molar-refractivity contribution < 1.29 is 27.1 Å². The van der Waals surface area contributed by atoms with Crippen molar-refractivity contribution in [1.29, 1.82) is 0 Å². The summed E-state index contributed by atoms with van der Waals surface area (Å²) in [7, 11) is 1.05. The molecule has 0 aliphatic rings. The fourth-order valence-electron chi connectivity index (χ4n) is 1.27. The zero-order valence-electron chi connectivity index (χ0n) is 10.2. The van der Waals surface area contributed by atoms with E-state index in [1.165, 1.54) is 12.2 Å². The Morgan fingerprint density at radius 3 is 2.65 bits per heavy atom. The second-order valence-electron chi connectivity index (χ2n) is 3.70. The number of hydrogen-bond donors (Lipinski definition) is 0. The molecule has 1 rings (SSSR count). The Labute approximate surface area is 117 Å². The molecular formula is C12H10ClF4NO2. The standard InChI is InChI=1S/C12H10ClF4NO2/c1-20-11(19)8(14)4-2-3-7-5-6-9(12(15,16)17)18-10(7)13/h2-3,5-6,8H,4H2,1H3/b3-2+/t8-/m0/s1. The molecule has 0 saturated heterocycles. The number of pyridine rings is 1. The van der Waals surface area contributed by atoms with Gasteiger partial charge in [0.1, 0.15) is 10.8 Å². The van der Waals surface area contributed by atoms with Gasteiger partial charge in [-0.1, -0.05) is 23.8 Å². The van der Waals surface area contributed by atoms with E-state index in [0.717, 1.165) is 19.2 Å². The molecule has 0 aromatic carbocycles. The average molecular weight is 312 g/mol. The van der Waals surface area contributed by atoms with Crippen molar-refractivity contribution in [2.75, 3.05) is 7.11 Å². The van der Waals surface area contributed by atoms with Crippen LogP contribution >= 0.6 is 11.6 Å². The maximum atomic E-state index is 13.1. The Bertz CT molecular complexity index is 517. The SMILES string of the molecule is COC(=O)[C@@H](F)C/C=C/c1ccc(C(F)(F)F)nc1Cl. The Balaban J connectivity index is 2.77. The van der Waals surface area contributed by atoms with Crippen molar-refractivity contribution >= 4 is 23.6 Å². The monoisotopic (exact) mass is 311 g/mol. The van der Waals surface area contributed by atoms with E-state index in [1.807, 2.05) is 0 Å². The van der Waals surface area contributed by atoms with Crippen LogP contribution in [-0.4, -0.2) is 24.2 Å². The molecule has 0 saturated carbocycles. The zero-order valence-corrected chi connectivity index (χ0v) is 11.0. The van der Waals surface area contributed by atoms with E-state index >= 15 is 0 Å². The minimum absolute atomic E-state index is 0.191. The van der Waals surface area contributed by atoms with Crippen LogP contribution in [0.4, 0.5) is 17.6 Å². The summed E-state index contributed by atoms with van der Waals surface area (Å²) in [5.41, 5.74) is -0.922. The molecule has 0 spiro atoms. The summed E-state index contributed by atoms with van der Waals surface area (Å²) in [6.07, 6.45) is -4.15. The number of carbonyl (C=O) groups is 1. The number of methoxy groups -OCH3 is 1. The van der Waals surface area contributed by atoms with Gasteiger partial charge in [-0.15, -0.1) is 0 Å². The van der Waals surface area contributed by atoms with Crippen molar-refractivity contribution in [3.63, 3.8) is 0 Å². The third-order valence-electron chi connectivity index (χ3n) is 2.27. The second-order valence-corrected chi connectivity index (χ2v) is 4.06. The van der Waals surface area contributed by atoms with Crippen LogP contribution < -0.4 is 0 Å². The molecule has 1 aromatic heterocycles. The molecule has 0 unspecified atom stereocenters. The maximum Gasteiger partial charge on any atom is 0.433 e. The van der Waals surface area contributed by atoms with E-state index in [-0.39, 0.29) is 17.1 Å². The Morgan fingerprint density at radius 2 is 2.15 bits per heavy atom. The van der Waals surface area contributed by atoms with Crippen molar-refractivity contribution in [2.24, 2.45) is 0 Å². The third-order valence-corrected chi connectivity index (χ3v) is 2.57. The van der Waals surface area contributed by atoms with Crippen LogP contribution in [0.25, 0.3) is 6.08 Å². The van der Waals surface area contributed by atoms with E-state index in [4.69, 9.17) is 11.6 Å². The molecular weight excluding hydrogens is 302 g/mol. The van der Waals surface area contributed by atoms with Gasteiger partial charge in [0, 0.05) is 12.0 Å². The van der Waals surface area contributed by atoms with Gasteiger partial charge in [0.15, 0.2) is 0 Å². The van der Waals surface area contributed by atoms with Gasteiger partial charge in [0.25, 0.3) is 0 Å². The molecule has 0 N–H and O–H groups in total. The molecule has 0 radical (unpaired) electrons. The minimum atomic E-state index is -4.58.